The van der Waals surface area contributed by atoms with Gasteiger partial charge in [0.1, 0.15) is 11.4 Å². The van der Waals surface area contributed by atoms with E-state index in [1.54, 1.807) is 94.3 Å². The Balaban J connectivity index is 1.12. The summed E-state index contributed by atoms with van der Waals surface area (Å²) < 4.78 is 3.26. The molecule has 0 aliphatic heterocycles. The van der Waals surface area contributed by atoms with Crippen LogP contribution in [0, 0.1) is 20.2 Å². The van der Waals surface area contributed by atoms with Gasteiger partial charge >= 0.3 is 11.9 Å². The highest BCUT2D eigenvalue weighted by Crippen LogP contribution is 2.25. The van der Waals surface area contributed by atoms with Crippen LogP contribution in [0.2, 0.25) is 0 Å². The molecule has 0 bridgehead atoms. The monoisotopic (exact) mass is 724 g/mol. The van der Waals surface area contributed by atoms with Gasteiger partial charge in [0, 0.05) is 49.5 Å². The minimum Gasteiger partial charge on any atom is -0.366 e. The third kappa shape index (κ3) is 11.5. The Bertz CT molecular complexity index is 1990. The van der Waals surface area contributed by atoms with Crippen LogP contribution < -0.4 is 33.3 Å². The summed E-state index contributed by atoms with van der Waals surface area (Å²) in [5.41, 5.74) is 28.1. The molecule has 2 aromatic heterocycles. The van der Waals surface area contributed by atoms with Crippen LogP contribution in [-0.2, 0) is 19.3 Å². The molecule has 4 rings (SSSR count). The number of guanidine groups is 2. The number of hydrogen-bond acceptors (Lipinski definition) is 12. The molecule has 0 aliphatic rings. The molecule has 2 aromatic carbocycles. The van der Waals surface area contributed by atoms with Crippen LogP contribution in [0.4, 0.5) is 11.4 Å². The number of nitrogens with two attached hydrogens (primary N) is 2. The quantitative estimate of drug-likeness (QED) is 0.0359. The highest BCUT2D eigenvalue weighted by Gasteiger charge is 2.16. The van der Waals surface area contributed by atoms with Crippen molar-refractivity contribution in [1.29, 1.82) is 0 Å². The van der Waals surface area contributed by atoms with Crippen LogP contribution >= 0.6 is 0 Å². The summed E-state index contributed by atoms with van der Waals surface area (Å²) in [6.45, 7) is 0. The summed E-state index contributed by atoms with van der Waals surface area (Å²) in [6.07, 6.45) is 8.85. The first-order valence-corrected chi connectivity index (χ1v) is 15.4. The lowest BCUT2D eigenvalue weighted by Gasteiger charge is -2.07. The lowest BCUT2D eigenvalue weighted by Crippen LogP contribution is -2.35. The van der Waals surface area contributed by atoms with E-state index in [4.69, 9.17) is 21.1 Å². The molecule has 4 aromatic rings. The maximum Gasteiger partial charge on any atom is 0.332 e. The fourth-order valence-corrected chi connectivity index (χ4v) is 4.38. The Morgan fingerprint density at radius 3 is 1.53 bits per heavy atom. The fourth-order valence-electron chi connectivity index (χ4n) is 4.38. The number of hydrogen-bond donors (Lipinski definition) is 6. The Kier molecular flexibility index (Phi) is 13.7. The van der Waals surface area contributed by atoms with Crippen LogP contribution in [0.3, 0.4) is 0 Å². The average Bonchev–Trinajstić information content (AvgIpc) is 3.82. The lowest BCUT2D eigenvalue weighted by atomic mass is 10.2. The van der Waals surface area contributed by atoms with Crippen molar-refractivity contribution in [3.8, 4) is 11.4 Å². The number of benzene rings is 2. The predicted octanol–water partition coefficient (Wildman–Crippen LogP) is 2.94. The summed E-state index contributed by atoms with van der Waals surface area (Å²) in [7, 11) is 0. The molecule has 20 heteroatoms. The van der Waals surface area contributed by atoms with Gasteiger partial charge in [-0.05, 0) is 42.8 Å². The van der Waals surface area contributed by atoms with Crippen molar-refractivity contribution in [2.75, 3.05) is 0 Å². The third-order valence-corrected chi connectivity index (χ3v) is 6.67. The number of carbonyl (C=O) groups is 2. The minimum absolute atomic E-state index is 0.0531. The molecular formula is C33H32N12O8. The van der Waals surface area contributed by atoms with Gasteiger partial charge in [0.25, 0.3) is 11.4 Å². The molecule has 0 spiro atoms. The summed E-state index contributed by atoms with van der Waals surface area (Å²) >= 11 is 0. The first-order chi connectivity index (χ1) is 25.6. The number of rotatable bonds is 14. The van der Waals surface area contributed by atoms with E-state index in [0.29, 0.717) is 22.8 Å². The van der Waals surface area contributed by atoms with Crippen LogP contribution in [-0.4, -0.2) is 42.8 Å². The molecule has 8 N–H and O–H groups in total. The molecule has 0 saturated carbocycles. The lowest BCUT2D eigenvalue weighted by molar-refractivity contribution is -0.384. The molecule has 0 radical (unpaired) electrons. The largest absolute Gasteiger partial charge is 0.366 e. The van der Waals surface area contributed by atoms with Gasteiger partial charge in [0.05, 0.1) is 33.6 Å². The Morgan fingerprint density at radius 2 is 1.11 bits per heavy atom. The van der Waals surface area contributed by atoms with Gasteiger partial charge in [-0.2, -0.15) is 11.0 Å². The third-order valence-electron chi connectivity index (χ3n) is 6.67. The summed E-state index contributed by atoms with van der Waals surface area (Å²) in [6, 6.07) is 19.6. The van der Waals surface area contributed by atoms with Gasteiger partial charge in [-0.1, -0.05) is 35.7 Å². The van der Waals surface area contributed by atoms with Crippen molar-refractivity contribution < 1.29 is 29.1 Å². The molecule has 0 atom stereocenters. The van der Waals surface area contributed by atoms with E-state index < -0.39 is 21.8 Å². The highest BCUT2D eigenvalue weighted by molar-refractivity contribution is 5.80. The normalized spacial score (nSPS) is 10.8. The average molecular weight is 725 g/mol. The van der Waals surface area contributed by atoms with Crippen LogP contribution in [0.5, 0.6) is 0 Å². The van der Waals surface area contributed by atoms with E-state index in [2.05, 4.69) is 43.5 Å². The Labute approximate surface area is 300 Å². The van der Waals surface area contributed by atoms with Crippen molar-refractivity contribution in [3.05, 3.63) is 141 Å². The van der Waals surface area contributed by atoms with Gasteiger partial charge in [0.15, 0.2) is 0 Å². The van der Waals surface area contributed by atoms with E-state index >= 15 is 0 Å². The molecule has 0 unspecified atom stereocenters. The molecule has 53 heavy (non-hydrogen) atoms. The molecule has 2 heterocycles. The van der Waals surface area contributed by atoms with Crippen molar-refractivity contribution in [1.82, 2.24) is 30.9 Å². The van der Waals surface area contributed by atoms with E-state index in [1.807, 2.05) is 0 Å². The molecule has 272 valence electrons. The van der Waals surface area contributed by atoms with Crippen molar-refractivity contribution >= 4 is 47.4 Å². The molecular weight excluding hydrogens is 692 g/mol. The first-order valence-electron chi connectivity index (χ1n) is 15.4. The highest BCUT2D eigenvalue weighted by atomic mass is 16.7. The predicted molar refractivity (Wildman–Crippen MR) is 192 cm³/mol. The number of nitrogens with zero attached hydrogens (tertiary/aromatic N) is 6. The number of nitrogens with one attached hydrogen (secondary N) is 4. The van der Waals surface area contributed by atoms with Crippen molar-refractivity contribution in [2.24, 2.45) is 21.7 Å². The second kappa shape index (κ2) is 19.2. The maximum atomic E-state index is 12.0. The standard InChI is InChI=1S/C33H32N12O8/c34-32(38-36-20-6-10-24-12-8-22-42(24)26-14-1-3-16-28(26)44(48)49)40-52-30(46)18-5-19-31(47)53-41-33(35)39-37-21-7-11-25-13-9-23-43(25)27-15-2-4-17-29(27)45(50)51/h1-4,8-17,20-23,36-37H,5,18-19H2,(H3,34,38,40)(H3,35,39,41). The van der Waals surface area contributed by atoms with E-state index in [-0.39, 0.29) is 42.6 Å². The van der Waals surface area contributed by atoms with Gasteiger partial charge in [0.2, 0.25) is 11.9 Å². The Hall–Kier alpha value is -8.08. The number of hydroxylamine groups is 2. The zero-order valence-electron chi connectivity index (χ0n) is 27.6. The molecule has 0 amide bonds. The second-order valence-corrected chi connectivity index (χ2v) is 10.3. The van der Waals surface area contributed by atoms with Crippen LogP contribution in [0.25, 0.3) is 23.5 Å². The minimum atomic E-state index is -0.727. The van der Waals surface area contributed by atoms with Gasteiger partial charge in [-0.25, -0.2) is 9.59 Å². The van der Waals surface area contributed by atoms with Crippen LogP contribution in [0.15, 0.2) is 119 Å². The van der Waals surface area contributed by atoms with Gasteiger partial charge in [-0.3, -0.25) is 31.1 Å². The summed E-state index contributed by atoms with van der Waals surface area (Å²) in [5.74, 6) is -2.03. The van der Waals surface area contributed by atoms with E-state index in [9.17, 15) is 29.8 Å². The Morgan fingerprint density at radius 1 is 0.698 bits per heavy atom. The number of nitro benzene ring substituents is 2. The molecule has 0 fully saturated rings. The molecule has 0 aliphatic carbocycles. The number of aromatic nitrogens is 2. The number of para-hydroxylation sites is 4. The fraction of sp³-hybridized carbons (Fsp3) is 0.0909. The maximum absolute atomic E-state index is 12.0. The zero-order chi connectivity index (χ0) is 38.0. The topological polar surface area (TPSA) is 274 Å². The SMILES string of the molecule is NC(=NNC=C=Cc1cccn1-c1ccccc1[N+](=O)[O-])NOC(=O)CCCC(=O)ONC(N)=NNC=C=Cc1cccn1-c1ccccc1[N+](=O)[O-]. The first kappa shape index (κ1) is 37.7. The van der Waals surface area contributed by atoms with Crippen molar-refractivity contribution in [3.63, 3.8) is 0 Å². The molecule has 20 nitrogen and oxygen atoms in total. The zero-order valence-corrected chi connectivity index (χ0v) is 27.6. The van der Waals surface area contributed by atoms with Gasteiger partial charge < -0.3 is 30.3 Å². The van der Waals surface area contributed by atoms with E-state index in [1.165, 1.54) is 24.5 Å². The number of nitro groups is 2. The summed E-state index contributed by atoms with van der Waals surface area (Å²) in [4.78, 5) is 55.3. The van der Waals surface area contributed by atoms with E-state index in [0.717, 1.165) is 0 Å². The number of hydrazone groups is 2. The number of carbonyl (C=O) groups excluding carboxylic acids is 2. The van der Waals surface area contributed by atoms with Crippen molar-refractivity contribution in [2.45, 2.75) is 19.3 Å². The second-order valence-electron chi connectivity index (χ2n) is 10.3. The van der Waals surface area contributed by atoms with Gasteiger partial charge in [-0.15, -0.1) is 10.2 Å². The molecule has 0 saturated heterocycles. The summed E-state index contributed by atoms with van der Waals surface area (Å²) in [5, 5.41) is 30.2. The smallest absolute Gasteiger partial charge is 0.332 e. The van der Waals surface area contributed by atoms with Crippen LogP contribution in [0.1, 0.15) is 30.7 Å².